The molecule has 6 rings (SSSR count). The Balaban J connectivity index is 1.20. The molecule has 0 radical (unpaired) electrons. The lowest BCUT2D eigenvalue weighted by molar-refractivity contribution is 0.283. The summed E-state index contributed by atoms with van der Waals surface area (Å²) >= 11 is 0. The molecule has 1 aromatic carbocycles. The Kier molecular flexibility index (Phi) is 5.55. The summed E-state index contributed by atoms with van der Waals surface area (Å²) in [4.78, 5) is 7.47. The molecule has 0 saturated carbocycles. The smallest absolute Gasteiger partial charge is 0.179 e. The Hall–Kier alpha value is -2.93. The summed E-state index contributed by atoms with van der Waals surface area (Å²) in [5.41, 5.74) is 6.70. The fraction of sp³-hybridized carbons (Fsp3) is 0.536. The van der Waals surface area contributed by atoms with Gasteiger partial charge in [-0.25, -0.2) is 4.68 Å². The molecule has 2 atom stereocenters. The SMILES string of the molecule is C=C(C1CCN(c2nnc(C)c3c(C)n(-c4ccc(C)cc4)nc23)CC1)N1CC2CN(C)CC2C1. The van der Waals surface area contributed by atoms with Crippen LogP contribution < -0.4 is 4.90 Å². The van der Waals surface area contributed by atoms with Gasteiger partial charge in [0.25, 0.3) is 0 Å². The number of hydrogen-bond acceptors (Lipinski definition) is 6. The van der Waals surface area contributed by atoms with Crippen molar-refractivity contribution in [3.05, 3.63) is 53.5 Å². The predicted octanol–water partition coefficient (Wildman–Crippen LogP) is 3.96. The first-order chi connectivity index (χ1) is 16.9. The molecule has 3 fully saturated rings. The third-order valence-electron chi connectivity index (χ3n) is 8.60. The van der Waals surface area contributed by atoms with Crippen molar-refractivity contribution in [2.45, 2.75) is 33.6 Å². The number of hydrogen-bond donors (Lipinski definition) is 0. The monoisotopic (exact) mass is 471 g/mol. The van der Waals surface area contributed by atoms with E-state index in [0.29, 0.717) is 5.92 Å². The minimum absolute atomic E-state index is 0.559. The molecule has 3 aliphatic rings. The summed E-state index contributed by atoms with van der Waals surface area (Å²) in [7, 11) is 2.25. The van der Waals surface area contributed by atoms with E-state index in [4.69, 9.17) is 5.10 Å². The number of piperidine rings is 1. The molecule has 0 spiro atoms. The van der Waals surface area contributed by atoms with Crippen molar-refractivity contribution in [1.29, 1.82) is 0 Å². The molecular formula is C28H37N7. The molecule has 184 valence electrons. The quantitative estimate of drug-likeness (QED) is 0.574. The van der Waals surface area contributed by atoms with Gasteiger partial charge in [-0.1, -0.05) is 24.3 Å². The predicted molar refractivity (Wildman–Crippen MR) is 141 cm³/mol. The highest BCUT2D eigenvalue weighted by Crippen LogP contribution is 2.37. The first-order valence-electron chi connectivity index (χ1n) is 13.1. The van der Waals surface area contributed by atoms with Gasteiger partial charge in [0.05, 0.1) is 22.5 Å². The minimum atomic E-state index is 0.559. The Morgan fingerprint density at radius 3 is 2.23 bits per heavy atom. The van der Waals surface area contributed by atoms with Crippen molar-refractivity contribution in [2.75, 3.05) is 51.2 Å². The molecule has 2 unspecified atom stereocenters. The van der Waals surface area contributed by atoms with Crippen LogP contribution in [0.2, 0.25) is 0 Å². The molecule has 5 heterocycles. The number of aryl methyl sites for hydroxylation is 3. The molecule has 0 aliphatic carbocycles. The van der Waals surface area contributed by atoms with Crippen LogP contribution in [0, 0.1) is 38.5 Å². The Labute approximate surface area is 208 Å². The van der Waals surface area contributed by atoms with Gasteiger partial charge in [0, 0.05) is 50.9 Å². The van der Waals surface area contributed by atoms with E-state index in [1.54, 1.807) is 0 Å². The Morgan fingerprint density at radius 1 is 0.914 bits per heavy atom. The van der Waals surface area contributed by atoms with Gasteiger partial charge in [-0.15, -0.1) is 5.10 Å². The molecule has 35 heavy (non-hydrogen) atoms. The number of fused-ring (bicyclic) bond motifs is 2. The van der Waals surface area contributed by atoms with Gasteiger partial charge in [-0.2, -0.15) is 10.2 Å². The highest BCUT2D eigenvalue weighted by atomic mass is 15.3. The van der Waals surface area contributed by atoms with Crippen LogP contribution in [0.1, 0.15) is 29.8 Å². The molecular weight excluding hydrogens is 434 g/mol. The molecule has 0 bridgehead atoms. The second-order valence-electron chi connectivity index (χ2n) is 11.1. The van der Waals surface area contributed by atoms with Gasteiger partial charge in [-0.3, -0.25) is 0 Å². The third kappa shape index (κ3) is 3.90. The molecule has 0 amide bonds. The first kappa shape index (κ1) is 22.5. The van der Waals surface area contributed by atoms with Crippen LogP contribution in [0.4, 0.5) is 5.82 Å². The summed E-state index contributed by atoms with van der Waals surface area (Å²) in [6, 6.07) is 8.53. The van der Waals surface area contributed by atoms with Crippen LogP contribution in [0.25, 0.3) is 16.6 Å². The van der Waals surface area contributed by atoms with Gasteiger partial charge >= 0.3 is 0 Å². The van der Waals surface area contributed by atoms with Gasteiger partial charge in [0.1, 0.15) is 5.52 Å². The van der Waals surface area contributed by atoms with Gasteiger partial charge in [0.2, 0.25) is 0 Å². The topological polar surface area (TPSA) is 53.3 Å². The number of anilines is 1. The molecule has 3 saturated heterocycles. The van der Waals surface area contributed by atoms with Crippen LogP contribution in [-0.4, -0.2) is 76.1 Å². The van der Waals surface area contributed by atoms with Gasteiger partial charge in [0.15, 0.2) is 5.82 Å². The van der Waals surface area contributed by atoms with E-state index in [2.05, 4.69) is 76.6 Å². The maximum atomic E-state index is 5.05. The van der Waals surface area contributed by atoms with Crippen LogP contribution >= 0.6 is 0 Å². The van der Waals surface area contributed by atoms with Crippen molar-refractivity contribution >= 4 is 16.7 Å². The number of aromatic nitrogens is 4. The van der Waals surface area contributed by atoms with Crippen molar-refractivity contribution < 1.29 is 0 Å². The number of nitrogens with zero attached hydrogens (tertiary/aromatic N) is 7. The maximum Gasteiger partial charge on any atom is 0.179 e. The van der Waals surface area contributed by atoms with Crippen LogP contribution in [0.3, 0.4) is 0 Å². The normalized spacial score (nSPS) is 23.4. The standard InChI is InChI=1S/C28H37N7/c1-18-6-8-25(9-7-18)35-21(4)26-19(2)29-30-28(27(26)31-35)33-12-10-22(11-13-33)20(3)34-16-23-14-32(5)15-24(23)17-34/h6-9,22-24H,3,10-17H2,1-2,4-5H3. The van der Waals surface area contributed by atoms with E-state index in [0.717, 1.165) is 71.6 Å². The summed E-state index contributed by atoms with van der Waals surface area (Å²) in [6.07, 6.45) is 2.22. The van der Waals surface area contributed by atoms with Crippen LogP contribution in [-0.2, 0) is 0 Å². The number of likely N-dealkylation sites (tertiary alicyclic amines) is 2. The average molecular weight is 472 g/mol. The van der Waals surface area contributed by atoms with E-state index < -0.39 is 0 Å². The van der Waals surface area contributed by atoms with Gasteiger partial charge in [-0.05, 0) is 64.6 Å². The number of benzene rings is 1. The summed E-state index contributed by atoms with van der Waals surface area (Å²) in [5, 5.41) is 15.4. The second-order valence-corrected chi connectivity index (χ2v) is 11.1. The largest absolute Gasteiger partial charge is 0.374 e. The zero-order valence-corrected chi connectivity index (χ0v) is 21.5. The molecule has 3 aliphatic heterocycles. The highest BCUT2D eigenvalue weighted by molar-refractivity contribution is 5.92. The Morgan fingerprint density at radius 2 is 1.57 bits per heavy atom. The lowest BCUT2D eigenvalue weighted by Crippen LogP contribution is -2.38. The third-order valence-corrected chi connectivity index (χ3v) is 8.60. The van der Waals surface area contributed by atoms with Crippen LogP contribution in [0.15, 0.2) is 36.5 Å². The van der Waals surface area contributed by atoms with E-state index in [9.17, 15) is 0 Å². The number of allylic oxidation sites excluding steroid dienone is 1. The van der Waals surface area contributed by atoms with Crippen molar-refractivity contribution in [2.24, 2.45) is 17.8 Å². The van der Waals surface area contributed by atoms with Crippen molar-refractivity contribution in [1.82, 2.24) is 29.8 Å². The zero-order valence-electron chi connectivity index (χ0n) is 21.5. The number of rotatable bonds is 4. The van der Waals surface area contributed by atoms with Crippen molar-refractivity contribution in [3.63, 3.8) is 0 Å². The highest BCUT2D eigenvalue weighted by Gasteiger charge is 2.40. The minimum Gasteiger partial charge on any atom is -0.374 e. The Bertz CT molecular complexity index is 1240. The molecule has 2 aromatic heterocycles. The van der Waals surface area contributed by atoms with E-state index in [-0.39, 0.29) is 0 Å². The van der Waals surface area contributed by atoms with E-state index in [1.165, 1.54) is 37.4 Å². The van der Waals surface area contributed by atoms with Crippen molar-refractivity contribution in [3.8, 4) is 5.69 Å². The summed E-state index contributed by atoms with van der Waals surface area (Å²) in [6.45, 7) is 17.6. The average Bonchev–Trinajstić information content (AvgIpc) is 3.51. The first-order valence-corrected chi connectivity index (χ1v) is 13.1. The summed E-state index contributed by atoms with van der Waals surface area (Å²) in [5.74, 6) is 3.12. The van der Waals surface area contributed by atoms with E-state index >= 15 is 0 Å². The lowest BCUT2D eigenvalue weighted by atomic mass is 9.93. The van der Waals surface area contributed by atoms with Gasteiger partial charge < -0.3 is 14.7 Å². The molecule has 3 aromatic rings. The fourth-order valence-electron chi connectivity index (χ4n) is 6.61. The van der Waals surface area contributed by atoms with E-state index in [1.807, 2.05) is 11.6 Å². The molecule has 7 nitrogen and oxygen atoms in total. The molecule has 0 N–H and O–H groups in total. The second kappa shape index (κ2) is 8.63. The molecule has 7 heteroatoms. The maximum absolute atomic E-state index is 5.05. The zero-order chi connectivity index (χ0) is 24.3. The summed E-state index contributed by atoms with van der Waals surface area (Å²) < 4.78 is 2.04. The lowest BCUT2D eigenvalue weighted by Gasteiger charge is -2.36. The van der Waals surface area contributed by atoms with Crippen LogP contribution in [0.5, 0.6) is 0 Å². The fourth-order valence-corrected chi connectivity index (χ4v) is 6.61.